The van der Waals surface area contributed by atoms with E-state index in [1.54, 1.807) is 18.2 Å². The van der Waals surface area contributed by atoms with E-state index in [0.717, 1.165) is 5.56 Å². The SMILES string of the molecule is Cc1ccc(C(=O)Nc2cc(Cl)nc(Cl)n2)cc1Cl. The number of nitrogens with zero attached hydrogens (tertiary/aromatic N) is 2. The first kappa shape index (κ1) is 14.1. The number of hydrogen-bond donors (Lipinski definition) is 1. The van der Waals surface area contributed by atoms with Crippen molar-refractivity contribution < 1.29 is 4.79 Å². The minimum atomic E-state index is -0.354. The zero-order chi connectivity index (χ0) is 14.0. The lowest BCUT2D eigenvalue weighted by Gasteiger charge is -2.06. The molecular formula is C12H8Cl3N3O. The van der Waals surface area contributed by atoms with Crippen molar-refractivity contribution >= 4 is 46.5 Å². The molecule has 0 fully saturated rings. The van der Waals surface area contributed by atoms with Crippen LogP contribution in [-0.4, -0.2) is 15.9 Å². The summed E-state index contributed by atoms with van der Waals surface area (Å²) in [6, 6.07) is 6.41. The average Bonchev–Trinajstić information content (AvgIpc) is 2.31. The Morgan fingerprint density at radius 3 is 2.53 bits per heavy atom. The van der Waals surface area contributed by atoms with Crippen molar-refractivity contribution in [3.63, 3.8) is 0 Å². The Balaban J connectivity index is 2.22. The van der Waals surface area contributed by atoms with E-state index in [4.69, 9.17) is 34.8 Å². The number of hydrogen-bond acceptors (Lipinski definition) is 3. The maximum atomic E-state index is 12.0. The molecule has 1 aromatic carbocycles. The Bertz CT molecular complexity index is 626. The van der Waals surface area contributed by atoms with Crippen LogP contribution in [0.1, 0.15) is 15.9 Å². The Labute approximate surface area is 124 Å². The molecule has 7 heteroatoms. The summed E-state index contributed by atoms with van der Waals surface area (Å²) in [5, 5.41) is 3.20. The zero-order valence-corrected chi connectivity index (χ0v) is 12.0. The number of benzene rings is 1. The molecule has 98 valence electrons. The molecule has 0 saturated carbocycles. The fraction of sp³-hybridized carbons (Fsp3) is 0.0833. The number of halogens is 3. The topological polar surface area (TPSA) is 54.9 Å². The normalized spacial score (nSPS) is 10.3. The maximum Gasteiger partial charge on any atom is 0.256 e. The second-order valence-corrected chi connectivity index (χ2v) is 4.90. The van der Waals surface area contributed by atoms with Gasteiger partial charge in [0.05, 0.1) is 0 Å². The van der Waals surface area contributed by atoms with Gasteiger partial charge in [0.1, 0.15) is 11.0 Å². The van der Waals surface area contributed by atoms with Crippen molar-refractivity contribution in [1.29, 1.82) is 0 Å². The summed E-state index contributed by atoms with van der Waals surface area (Å²) in [4.78, 5) is 19.5. The van der Waals surface area contributed by atoms with Gasteiger partial charge in [-0.3, -0.25) is 4.79 Å². The Morgan fingerprint density at radius 2 is 1.89 bits per heavy atom. The van der Waals surface area contributed by atoms with Crippen molar-refractivity contribution in [2.75, 3.05) is 5.32 Å². The lowest BCUT2D eigenvalue weighted by atomic mass is 10.1. The molecule has 0 unspecified atom stereocenters. The van der Waals surface area contributed by atoms with E-state index in [1.807, 2.05) is 6.92 Å². The van der Waals surface area contributed by atoms with Crippen molar-refractivity contribution in [1.82, 2.24) is 9.97 Å². The molecule has 0 aliphatic heterocycles. The van der Waals surface area contributed by atoms with Gasteiger partial charge in [0.15, 0.2) is 0 Å². The van der Waals surface area contributed by atoms with E-state index in [-0.39, 0.29) is 22.2 Å². The van der Waals surface area contributed by atoms with E-state index in [2.05, 4.69) is 15.3 Å². The highest BCUT2D eigenvalue weighted by molar-refractivity contribution is 6.32. The van der Waals surface area contributed by atoms with Gasteiger partial charge in [-0.1, -0.05) is 29.3 Å². The monoisotopic (exact) mass is 315 g/mol. The first-order valence-corrected chi connectivity index (χ1v) is 6.36. The van der Waals surface area contributed by atoms with Gasteiger partial charge in [-0.25, -0.2) is 9.97 Å². The van der Waals surface area contributed by atoms with Gasteiger partial charge in [0.2, 0.25) is 5.28 Å². The predicted molar refractivity (Wildman–Crippen MR) is 76.2 cm³/mol. The molecule has 0 saturated heterocycles. The van der Waals surface area contributed by atoms with Gasteiger partial charge < -0.3 is 5.32 Å². The Kier molecular flexibility index (Phi) is 4.24. The Hall–Kier alpha value is -1.36. The minimum Gasteiger partial charge on any atom is -0.306 e. The highest BCUT2D eigenvalue weighted by Gasteiger charge is 2.10. The second-order valence-electron chi connectivity index (χ2n) is 3.76. The van der Waals surface area contributed by atoms with E-state index in [0.29, 0.717) is 10.6 Å². The molecule has 0 radical (unpaired) electrons. The molecule has 4 nitrogen and oxygen atoms in total. The molecule has 0 atom stereocenters. The zero-order valence-electron chi connectivity index (χ0n) is 9.75. The van der Waals surface area contributed by atoms with Crippen LogP contribution in [0, 0.1) is 6.92 Å². The first-order chi connectivity index (χ1) is 8.95. The number of carbonyl (C=O) groups excluding carboxylic acids is 1. The Morgan fingerprint density at radius 1 is 1.16 bits per heavy atom. The summed E-state index contributed by atoms with van der Waals surface area (Å²) in [5.41, 5.74) is 1.31. The predicted octanol–water partition coefficient (Wildman–Crippen LogP) is 4.00. The third-order valence-electron chi connectivity index (χ3n) is 2.34. The summed E-state index contributed by atoms with van der Waals surface area (Å²) >= 11 is 17.3. The molecule has 2 aromatic rings. The highest BCUT2D eigenvalue weighted by Crippen LogP contribution is 2.19. The highest BCUT2D eigenvalue weighted by atomic mass is 35.5. The molecule has 1 heterocycles. The smallest absolute Gasteiger partial charge is 0.256 e. The number of aryl methyl sites for hydroxylation is 1. The third-order valence-corrected chi connectivity index (χ3v) is 3.11. The number of anilines is 1. The lowest BCUT2D eigenvalue weighted by molar-refractivity contribution is 0.102. The van der Waals surface area contributed by atoms with Crippen LogP contribution in [0.15, 0.2) is 24.3 Å². The fourth-order valence-electron chi connectivity index (χ4n) is 1.38. The van der Waals surface area contributed by atoms with Crippen LogP contribution < -0.4 is 5.32 Å². The fourth-order valence-corrected chi connectivity index (χ4v) is 1.97. The minimum absolute atomic E-state index is 0.0373. The molecule has 0 spiro atoms. The number of carbonyl (C=O) groups is 1. The molecular weight excluding hydrogens is 309 g/mol. The molecule has 0 aliphatic rings. The van der Waals surface area contributed by atoms with E-state index >= 15 is 0 Å². The molecule has 0 bridgehead atoms. The molecule has 0 aliphatic carbocycles. The van der Waals surface area contributed by atoms with Crippen LogP contribution in [0.4, 0.5) is 5.82 Å². The summed E-state index contributed by atoms with van der Waals surface area (Å²) in [5.74, 6) is -0.126. The van der Waals surface area contributed by atoms with Crippen LogP contribution in [0.25, 0.3) is 0 Å². The van der Waals surface area contributed by atoms with Crippen molar-refractivity contribution in [3.8, 4) is 0 Å². The summed E-state index contributed by atoms with van der Waals surface area (Å²) in [6.45, 7) is 1.86. The lowest BCUT2D eigenvalue weighted by Crippen LogP contribution is -2.13. The van der Waals surface area contributed by atoms with Crippen LogP contribution in [0.2, 0.25) is 15.5 Å². The van der Waals surface area contributed by atoms with Crippen LogP contribution >= 0.6 is 34.8 Å². The van der Waals surface area contributed by atoms with Crippen LogP contribution in [-0.2, 0) is 0 Å². The molecule has 1 aromatic heterocycles. The van der Waals surface area contributed by atoms with Gasteiger partial charge in [0.25, 0.3) is 5.91 Å². The first-order valence-electron chi connectivity index (χ1n) is 5.23. The van der Waals surface area contributed by atoms with Gasteiger partial charge >= 0.3 is 0 Å². The number of amides is 1. The summed E-state index contributed by atoms with van der Waals surface area (Å²) < 4.78 is 0. The van der Waals surface area contributed by atoms with E-state index in [9.17, 15) is 4.79 Å². The van der Waals surface area contributed by atoms with Crippen molar-refractivity contribution in [2.45, 2.75) is 6.92 Å². The van der Waals surface area contributed by atoms with Gasteiger partial charge in [-0.15, -0.1) is 0 Å². The van der Waals surface area contributed by atoms with Crippen LogP contribution in [0.5, 0.6) is 0 Å². The van der Waals surface area contributed by atoms with Crippen molar-refractivity contribution in [2.24, 2.45) is 0 Å². The van der Waals surface area contributed by atoms with Crippen molar-refractivity contribution in [3.05, 3.63) is 50.9 Å². The van der Waals surface area contributed by atoms with Crippen LogP contribution in [0.3, 0.4) is 0 Å². The van der Waals surface area contributed by atoms with E-state index in [1.165, 1.54) is 6.07 Å². The quantitative estimate of drug-likeness (QED) is 0.673. The molecule has 2 rings (SSSR count). The van der Waals surface area contributed by atoms with Gasteiger partial charge in [-0.2, -0.15) is 0 Å². The molecule has 19 heavy (non-hydrogen) atoms. The van der Waals surface area contributed by atoms with Gasteiger partial charge in [0, 0.05) is 16.7 Å². The summed E-state index contributed by atoms with van der Waals surface area (Å²) in [7, 11) is 0. The largest absolute Gasteiger partial charge is 0.306 e. The molecule has 1 N–H and O–H groups in total. The number of rotatable bonds is 2. The maximum absolute atomic E-state index is 12.0. The average molecular weight is 317 g/mol. The summed E-state index contributed by atoms with van der Waals surface area (Å²) in [6.07, 6.45) is 0. The second kappa shape index (κ2) is 5.74. The standard InChI is InChI=1S/C12H8Cl3N3O/c1-6-2-3-7(4-8(6)13)11(19)17-10-5-9(14)16-12(15)18-10/h2-5H,1H3,(H,16,17,18,19). The third kappa shape index (κ3) is 3.56. The number of nitrogens with one attached hydrogen (secondary N) is 1. The van der Waals surface area contributed by atoms with Gasteiger partial charge in [-0.05, 0) is 36.2 Å². The molecule has 1 amide bonds. The van der Waals surface area contributed by atoms with E-state index < -0.39 is 0 Å². The number of aromatic nitrogens is 2.